The number of rotatable bonds is 3. The molecule has 1 amide bonds. The van der Waals surface area contributed by atoms with Crippen molar-refractivity contribution < 1.29 is 4.79 Å². The van der Waals surface area contributed by atoms with E-state index >= 15 is 0 Å². The Kier molecular flexibility index (Phi) is 3.93. The highest BCUT2D eigenvalue weighted by Gasteiger charge is 2.16. The first-order valence-corrected chi connectivity index (χ1v) is 5.98. The number of carbonyl (C=O) groups is 1. The SMILES string of the molecule is O=C(NCC1CCNCC1)c1c[nH]c(=O)[nH]c1=O. The minimum atomic E-state index is -0.665. The molecule has 1 aromatic heterocycles. The van der Waals surface area contributed by atoms with Crippen molar-refractivity contribution in [2.24, 2.45) is 5.92 Å². The van der Waals surface area contributed by atoms with Crippen molar-refractivity contribution in [1.29, 1.82) is 0 Å². The van der Waals surface area contributed by atoms with E-state index in [9.17, 15) is 14.4 Å². The highest BCUT2D eigenvalue weighted by molar-refractivity contribution is 5.93. The van der Waals surface area contributed by atoms with Crippen molar-refractivity contribution in [3.8, 4) is 0 Å². The Labute approximate surface area is 103 Å². The molecule has 1 fully saturated rings. The van der Waals surface area contributed by atoms with Gasteiger partial charge in [-0.2, -0.15) is 0 Å². The van der Waals surface area contributed by atoms with E-state index in [2.05, 4.69) is 15.6 Å². The van der Waals surface area contributed by atoms with Gasteiger partial charge in [0.2, 0.25) is 0 Å². The molecule has 0 radical (unpaired) electrons. The summed E-state index contributed by atoms with van der Waals surface area (Å²) in [4.78, 5) is 38.3. The fraction of sp³-hybridized carbons (Fsp3) is 0.545. The van der Waals surface area contributed by atoms with E-state index in [1.165, 1.54) is 0 Å². The molecular formula is C11H16N4O3. The van der Waals surface area contributed by atoms with Crippen LogP contribution in [0.3, 0.4) is 0 Å². The van der Waals surface area contributed by atoms with Gasteiger partial charge in [0, 0.05) is 12.7 Å². The van der Waals surface area contributed by atoms with Crippen molar-refractivity contribution in [3.05, 3.63) is 32.6 Å². The second-order valence-corrected chi connectivity index (χ2v) is 4.39. The summed E-state index contributed by atoms with van der Waals surface area (Å²) >= 11 is 0. The van der Waals surface area contributed by atoms with Crippen LogP contribution in [0.15, 0.2) is 15.8 Å². The van der Waals surface area contributed by atoms with E-state index in [0.29, 0.717) is 12.5 Å². The Morgan fingerprint density at radius 1 is 1.33 bits per heavy atom. The molecule has 0 aromatic carbocycles. The van der Waals surface area contributed by atoms with E-state index in [4.69, 9.17) is 0 Å². The Morgan fingerprint density at radius 3 is 2.72 bits per heavy atom. The van der Waals surface area contributed by atoms with Gasteiger partial charge in [-0.05, 0) is 31.8 Å². The zero-order chi connectivity index (χ0) is 13.0. The van der Waals surface area contributed by atoms with Crippen LogP contribution in [0.4, 0.5) is 0 Å². The zero-order valence-electron chi connectivity index (χ0n) is 9.91. The van der Waals surface area contributed by atoms with Crippen LogP contribution < -0.4 is 21.9 Å². The maximum Gasteiger partial charge on any atom is 0.325 e. The molecule has 7 nitrogen and oxygen atoms in total. The van der Waals surface area contributed by atoms with Gasteiger partial charge in [-0.1, -0.05) is 0 Å². The molecule has 1 saturated heterocycles. The second-order valence-electron chi connectivity index (χ2n) is 4.39. The van der Waals surface area contributed by atoms with Gasteiger partial charge >= 0.3 is 5.69 Å². The summed E-state index contributed by atoms with van der Waals surface area (Å²) < 4.78 is 0. The van der Waals surface area contributed by atoms with Gasteiger partial charge in [0.15, 0.2) is 0 Å². The molecule has 18 heavy (non-hydrogen) atoms. The van der Waals surface area contributed by atoms with Crippen molar-refractivity contribution in [2.75, 3.05) is 19.6 Å². The molecule has 2 rings (SSSR count). The molecule has 0 atom stereocenters. The molecule has 0 saturated carbocycles. The molecule has 2 heterocycles. The average molecular weight is 252 g/mol. The molecule has 0 aliphatic carbocycles. The number of piperidine rings is 1. The van der Waals surface area contributed by atoms with Crippen molar-refractivity contribution in [2.45, 2.75) is 12.8 Å². The minimum Gasteiger partial charge on any atom is -0.352 e. The maximum atomic E-state index is 11.8. The molecule has 0 bridgehead atoms. The van der Waals surface area contributed by atoms with E-state index in [1.807, 2.05) is 4.98 Å². The number of nitrogens with one attached hydrogen (secondary N) is 4. The van der Waals surface area contributed by atoms with Crippen molar-refractivity contribution in [3.63, 3.8) is 0 Å². The van der Waals surface area contributed by atoms with Crippen LogP contribution in [0.5, 0.6) is 0 Å². The van der Waals surface area contributed by atoms with E-state index in [-0.39, 0.29) is 5.56 Å². The smallest absolute Gasteiger partial charge is 0.325 e. The largest absolute Gasteiger partial charge is 0.352 e. The predicted molar refractivity (Wildman–Crippen MR) is 65.6 cm³/mol. The fourth-order valence-electron chi connectivity index (χ4n) is 2.00. The second kappa shape index (κ2) is 5.63. The van der Waals surface area contributed by atoms with E-state index < -0.39 is 17.2 Å². The third kappa shape index (κ3) is 3.07. The first-order valence-electron chi connectivity index (χ1n) is 5.98. The normalized spacial score (nSPS) is 16.4. The van der Waals surface area contributed by atoms with Gasteiger partial charge in [0.25, 0.3) is 11.5 Å². The molecule has 1 aliphatic rings. The lowest BCUT2D eigenvalue weighted by Crippen LogP contribution is -2.38. The van der Waals surface area contributed by atoms with E-state index in [1.54, 1.807) is 0 Å². The van der Waals surface area contributed by atoms with Crippen LogP contribution in [0.2, 0.25) is 0 Å². The van der Waals surface area contributed by atoms with Crippen LogP contribution in [0.1, 0.15) is 23.2 Å². The summed E-state index contributed by atoms with van der Waals surface area (Å²) in [5.41, 5.74) is -1.35. The first kappa shape index (κ1) is 12.6. The van der Waals surface area contributed by atoms with Gasteiger partial charge in [0.05, 0.1) is 0 Å². The Hall–Kier alpha value is -1.89. The molecule has 1 aliphatic heterocycles. The number of hydrogen-bond donors (Lipinski definition) is 4. The molecule has 7 heteroatoms. The number of H-pyrrole nitrogens is 2. The summed E-state index contributed by atoms with van der Waals surface area (Å²) in [6.45, 7) is 2.47. The molecule has 98 valence electrons. The Balaban J connectivity index is 1.95. The lowest BCUT2D eigenvalue weighted by atomic mass is 9.98. The number of hydrogen-bond acceptors (Lipinski definition) is 4. The monoisotopic (exact) mass is 252 g/mol. The summed E-state index contributed by atoms with van der Waals surface area (Å²) in [5, 5.41) is 5.96. The molecule has 4 N–H and O–H groups in total. The summed E-state index contributed by atoms with van der Waals surface area (Å²) in [6.07, 6.45) is 3.17. The average Bonchev–Trinajstić information content (AvgIpc) is 2.37. The number of carbonyl (C=O) groups excluding carboxylic acids is 1. The molecule has 0 unspecified atom stereocenters. The molecule has 0 spiro atoms. The maximum absolute atomic E-state index is 11.8. The van der Waals surface area contributed by atoms with Crippen molar-refractivity contribution in [1.82, 2.24) is 20.6 Å². The number of amides is 1. The topological polar surface area (TPSA) is 107 Å². The standard InChI is InChI=1S/C11H16N4O3/c16-9(8-6-14-11(18)15-10(8)17)13-5-7-1-3-12-4-2-7/h6-7,12H,1-5H2,(H,13,16)(H2,14,15,17,18). The third-order valence-corrected chi connectivity index (χ3v) is 3.07. The lowest BCUT2D eigenvalue weighted by Gasteiger charge is -2.22. The molecular weight excluding hydrogens is 236 g/mol. The lowest BCUT2D eigenvalue weighted by molar-refractivity contribution is 0.0942. The van der Waals surface area contributed by atoms with Crippen LogP contribution in [0, 0.1) is 5.92 Å². The zero-order valence-corrected chi connectivity index (χ0v) is 9.91. The first-order chi connectivity index (χ1) is 8.66. The van der Waals surface area contributed by atoms with E-state index in [0.717, 1.165) is 32.1 Å². The number of aromatic nitrogens is 2. The van der Waals surface area contributed by atoms with Gasteiger partial charge < -0.3 is 15.6 Å². The van der Waals surface area contributed by atoms with Gasteiger partial charge in [-0.15, -0.1) is 0 Å². The molecule has 1 aromatic rings. The summed E-state index contributed by atoms with van der Waals surface area (Å²) in [7, 11) is 0. The van der Waals surface area contributed by atoms with Crippen LogP contribution in [-0.2, 0) is 0 Å². The minimum absolute atomic E-state index is 0.0662. The fourth-order valence-corrected chi connectivity index (χ4v) is 2.00. The van der Waals surface area contributed by atoms with Crippen LogP contribution in [-0.4, -0.2) is 35.5 Å². The van der Waals surface area contributed by atoms with Gasteiger partial charge in [0.1, 0.15) is 5.56 Å². The Bertz CT molecular complexity index is 528. The summed E-state index contributed by atoms with van der Waals surface area (Å²) in [6, 6.07) is 0. The van der Waals surface area contributed by atoms with Crippen LogP contribution >= 0.6 is 0 Å². The van der Waals surface area contributed by atoms with Crippen molar-refractivity contribution >= 4 is 5.91 Å². The van der Waals surface area contributed by atoms with Crippen LogP contribution in [0.25, 0.3) is 0 Å². The highest BCUT2D eigenvalue weighted by atomic mass is 16.2. The quantitative estimate of drug-likeness (QED) is 0.541. The van der Waals surface area contributed by atoms with Gasteiger partial charge in [-0.25, -0.2) is 4.79 Å². The third-order valence-electron chi connectivity index (χ3n) is 3.07. The highest BCUT2D eigenvalue weighted by Crippen LogP contribution is 2.09. The number of aromatic amines is 2. The Morgan fingerprint density at radius 2 is 2.06 bits per heavy atom. The summed E-state index contributed by atoms with van der Waals surface area (Å²) in [5.74, 6) is -0.0110. The predicted octanol–water partition coefficient (Wildman–Crippen LogP) is -1.21. The van der Waals surface area contributed by atoms with Gasteiger partial charge in [-0.3, -0.25) is 14.6 Å².